The molecular weight excluding hydrogens is 212 g/mol. The molecule has 2 rings (SSSR count). The highest BCUT2D eigenvalue weighted by atomic mass is 16.5. The van der Waals surface area contributed by atoms with Gasteiger partial charge >= 0.3 is 0 Å². The van der Waals surface area contributed by atoms with Gasteiger partial charge in [0.05, 0.1) is 13.2 Å². The second kappa shape index (κ2) is 7.34. The van der Waals surface area contributed by atoms with Crippen molar-refractivity contribution in [3.8, 4) is 0 Å². The second-order valence-electron chi connectivity index (χ2n) is 5.76. The number of piperidine rings is 1. The van der Waals surface area contributed by atoms with Crippen molar-refractivity contribution in [1.29, 1.82) is 0 Å². The molecule has 1 unspecified atom stereocenters. The predicted molar refractivity (Wildman–Crippen MR) is 71.3 cm³/mol. The van der Waals surface area contributed by atoms with Crippen molar-refractivity contribution in [3.63, 3.8) is 0 Å². The zero-order valence-electron chi connectivity index (χ0n) is 11.3. The van der Waals surface area contributed by atoms with Crippen LogP contribution in [0.15, 0.2) is 0 Å². The van der Waals surface area contributed by atoms with Gasteiger partial charge in [-0.2, -0.15) is 0 Å². The fourth-order valence-corrected chi connectivity index (χ4v) is 2.38. The molecule has 100 valence electrons. The molecule has 17 heavy (non-hydrogen) atoms. The van der Waals surface area contributed by atoms with Crippen LogP contribution in [0.1, 0.15) is 39.0 Å². The number of ether oxygens (including phenoxy) is 1. The van der Waals surface area contributed by atoms with E-state index in [0.717, 1.165) is 32.3 Å². The van der Waals surface area contributed by atoms with E-state index in [2.05, 4.69) is 17.1 Å². The molecule has 1 N–H and O–H groups in total. The van der Waals surface area contributed by atoms with Crippen LogP contribution in [0.5, 0.6) is 0 Å². The molecule has 0 radical (unpaired) electrons. The minimum Gasteiger partial charge on any atom is -0.380 e. The maximum atomic E-state index is 5.77. The maximum Gasteiger partial charge on any atom is 0.0593 e. The topological polar surface area (TPSA) is 24.5 Å². The van der Waals surface area contributed by atoms with E-state index < -0.39 is 0 Å². The van der Waals surface area contributed by atoms with Gasteiger partial charge in [0.1, 0.15) is 0 Å². The number of likely N-dealkylation sites (tertiary alicyclic amines) is 1. The number of hydrogen-bond donors (Lipinski definition) is 1. The Balaban J connectivity index is 1.41. The Morgan fingerprint density at radius 1 is 1.24 bits per heavy atom. The highest BCUT2D eigenvalue weighted by Gasteiger charge is 2.20. The van der Waals surface area contributed by atoms with Gasteiger partial charge in [0.15, 0.2) is 0 Å². The van der Waals surface area contributed by atoms with Gasteiger partial charge in [0.25, 0.3) is 0 Å². The van der Waals surface area contributed by atoms with E-state index in [1.165, 1.54) is 45.2 Å². The zero-order valence-corrected chi connectivity index (χ0v) is 11.3. The third-order valence-corrected chi connectivity index (χ3v) is 3.74. The van der Waals surface area contributed by atoms with E-state index in [9.17, 15) is 0 Å². The average Bonchev–Trinajstić information content (AvgIpc) is 3.17. The summed E-state index contributed by atoms with van der Waals surface area (Å²) in [4.78, 5) is 2.54. The van der Waals surface area contributed by atoms with Crippen LogP contribution in [0.4, 0.5) is 0 Å². The summed E-state index contributed by atoms with van der Waals surface area (Å²) >= 11 is 0. The van der Waals surface area contributed by atoms with E-state index in [-0.39, 0.29) is 0 Å². The van der Waals surface area contributed by atoms with Crippen LogP contribution < -0.4 is 5.32 Å². The van der Waals surface area contributed by atoms with Crippen LogP contribution in [0.25, 0.3) is 0 Å². The van der Waals surface area contributed by atoms with Gasteiger partial charge in [0.2, 0.25) is 0 Å². The highest BCUT2D eigenvalue weighted by molar-refractivity contribution is 4.81. The molecule has 2 fully saturated rings. The molecule has 1 aliphatic heterocycles. The Bertz CT molecular complexity index is 200. The zero-order chi connectivity index (χ0) is 11.9. The lowest BCUT2D eigenvalue weighted by molar-refractivity contribution is 0.0762. The molecule has 0 bridgehead atoms. The molecule has 3 nitrogen and oxygen atoms in total. The van der Waals surface area contributed by atoms with Crippen molar-refractivity contribution >= 4 is 0 Å². The van der Waals surface area contributed by atoms with Gasteiger partial charge in [-0.1, -0.05) is 13.3 Å². The van der Waals surface area contributed by atoms with Gasteiger partial charge in [-0.15, -0.1) is 0 Å². The van der Waals surface area contributed by atoms with Crippen molar-refractivity contribution in [3.05, 3.63) is 0 Å². The molecule has 0 aromatic carbocycles. The smallest absolute Gasteiger partial charge is 0.0593 e. The van der Waals surface area contributed by atoms with Crippen molar-refractivity contribution < 1.29 is 4.74 Å². The lowest BCUT2D eigenvalue weighted by Gasteiger charge is -2.26. The summed E-state index contributed by atoms with van der Waals surface area (Å²) in [5, 5.41) is 3.56. The monoisotopic (exact) mass is 240 g/mol. The third kappa shape index (κ3) is 5.84. The Hall–Kier alpha value is -0.120. The largest absolute Gasteiger partial charge is 0.380 e. The average molecular weight is 240 g/mol. The van der Waals surface area contributed by atoms with E-state index in [4.69, 9.17) is 4.74 Å². The molecular formula is C14H28N2O. The molecule has 0 aromatic heterocycles. The first-order valence-electron chi connectivity index (χ1n) is 7.38. The van der Waals surface area contributed by atoms with Crippen LogP contribution in [0.2, 0.25) is 0 Å². The summed E-state index contributed by atoms with van der Waals surface area (Å²) in [5.41, 5.74) is 0. The predicted octanol–water partition coefficient (Wildman–Crippen LogP) is 1.88. The van der Waals surface area contributed by atoms with E-state index in [1.54, 1.807) is 0 Å². The summed E-state index contributed by atoms with van der Waals surface area (Å²) in [6.07, 6.45) is 6.93. The first-order valence-corrected chi connectivity index (χ1v) is 7.38. The Morgan fingerprint density at radius 2 is 2.00 bits per heavy atom. The quantitative estimate of drug-likeness (QED) is 0.656. The summed E-state index contributed by atoms with van der Waals surface area (Å²) in [7, 11) is 0. The van der Waals surface area contributed by atoms with Gasteiger partial charge < -0.3 is 15.0 Å². The lowest BCUT2D eigenvalue weighted by Crippen LogP contribution is -2.33. The standard InChI is InChI=1S/C14H28N2O/c1-13(11-15-14-5-6-14)12-17-10-9-16-7-3-2-4-8-16/h13-15H,2-12H2,1H3. The van der Waals surface area contributed by atoms with Crippen molar-refractivity contribution in [2.45, 2.75) is 45.1 Å². The summed E-state index contributed by atoms with van der Waals surface area (Å²) in [5.74, 6) is 0.650. The van der Waals surface area contributed by atoms with Gasteiger partial charge in [-0.25, -0.2) is 0 Å². The summed E-state index contributed by atoms with van der Waals surface area (Å²) < 4.78 is 5.77. The molecule has 1 heterocycles. The van der Waals surface area contributed by atoms with Crippen LogP contribution in [-0.2, 0) is 4.74 Å². The molecule has 3 heteroatoms. The van der Waals surface area contributed by atoms with Crippen molar-refractivity contribution in [2.24, 2.45) is 5.92 Å². The fraction of sp³-hybridized carbons (Fsp3) is 1.00. The van der Waals surface area contributed by atoms with Crippen LogP contribution in [-0.4, -0.2) is 50.3 Å². The molecule has 1 aliphatic carbocycles. The summed E-state index contributed by atoms with van der Waals surface area (Å²) in [6, 6.07) is 0.825. The van der Waals surface area contributed by atoms with E-state index >= 15 is 0 Å². The maximum absolute atomic E-state index is 5.77. The normalized spacial score (nSPS) is 23.8. The number of nitrogens with zero attached hydrogens (tertiary/aromatic N) is 1. The first kappa shape index (κ1) is 13.3. The third-order valence-electron chi connectivity index (χ3n) is 3.74. The lowest BCUT2D eigenvalue weighted by atomic mass is 10.1. The Morgan fingerprint density at radius 3 is 2.71 bits per heavy atom. The van der Waals surface area contributed by atoms with Gasteiger partial charge in [-0.3, -0.25) is 0 Å². The van der Waals surface area contributed by atoms with E-state index in [0.29, 0.717) is 5.92 Å². The van der Waals surface area contributed by atoms with Crippen LogP contribution >= 0.6 is 0 Å². The fourth-order valence-electron chi connectivity index (χ4n) is 2.38. The first-order chi connectivity index (χ1) is 8.34. The Kier molecular flexibility index (Phi) is 5.75. The highest BCUT2D eigenvalue weighted by Crippen LogP contribution is 2.18. The molecule has 0 aromatic rings. The minimum absolute atomic E-state index is 0.650. The number of hydrogen-bond acceptors (Lipinski definition) is 3. The number of rotatable bonds is 8. The van der Waals surface area contributed by atoms with Crippen LogP contribution in [0.3, 0.4) is 0 Å². The SMILES string of the molecule is CC(CNC1CC1)COCCN1CCCCC1. The van der Waals surface area contributed by atoms with E-state index in [1.807, 2.05) is 0 Å². The minimum atomic E-state index is 0.650. The molecule has 0 amide bonds. The van der Waals surface area contributed by atoms with Gasteiger partial charge in [0, 0.05) is 19.1 Å². The van der Waals surface area contributed by atoms with Crippen molar-refractivity contribution in [2.75, 3.05) is 39.4 Å². The van der Waals surface area contributed by atoms with Crippen molar-refractivity contribution in [1.82, 2.24) is 10.2 Å². The molecule has 1 saturated heterocycles. The van der Waals surface area contributed by atoms with Gasteiger partial charge in [-0.05, 0) is 44.7 Å². The molecule has 2 aliphatic rings. The molecule has 0 spiro atoms. The summed E-state index contributed by atoms with van der Waals surface area (Å²) in [6.45, 7) is 8.90. The molecule has 1 saturated carbocycles. The molecule has 1 atom stereocenters. The second-order valence-corrected chi connectivity index (χ2v) is 5.76. The van der Waals surface area contributed by atoms with Crippen LogP contribution in [0, 0.1) is 5.92 Å². The number of nitrogens with one attached hydrogen (secondary N) is 1. The Labute approximate surface area is 106 Å².